The third kappa shape index (κ3) is 3.96. The smallest absolute Gasteiger partial charge is 0.251 e. The first-order valence-electron chi connectivity index (χ1n) is 7.28. The van der Waals surface area contributed by atoms with Gasteiger partial charge in [0.05, 0.1) is 6.54 Å². The molecule has 1 heterocycles. The number of nitrogens with one attached hydrogen (secondary N) is 1. The average Bonchev–Trinajstić information content (AvgIpc) is 3.01. The third-order valence-corrected chi connectivity index (χ3v) is 3.89. The molecular formula is C18H14Cl2N2O2. The van der Waals surface area contributed by atoms with E-state index < -0.39 is 0 Å². The fraction of sp³-hybridized carbons (Fsp3) is 0.111. The highest BCUT2D eigenvalue weighted by molar-refractivity contribution is 6.35. The first-order chi connectivity index (χ1) is 11.5. The highest BCUT2D eigenvalue weighted by Crippen LogP contribution is 2.21. The number of aromatic nitrogens is 1. The maximum atomic E-state index is 12.1. The van der Waals surface area contributed by atoms with E-state index in [4.69, 9.17) is 27.7 Å². The van der Waals surface area contributed by atoms with Crippen LogP contribution in [0.4, 0.5) is 0 Å². The minimum Gasteiger partial charge on any atom is -0.356 e. The zero-order chi connectivity index (χ0) is 17.1. The molecule has 0 saturated carbocycles. The van der Waals surface area contributed by atoms with Crippen LogP contribution in [0.5, 0.6) is 0 Å². The van der Waals surface area contributed by atoms with Gasteiger partial charge in [-0.05, 0) is 25.1 Å². The van der Waals surface area contributed by atoms with Gasteiger partial charge in [0.25, 0.3) is 5.91 Å². The largest absolute Gasteiger partial charge is 0.356 e. The summed E-state index contributed by atoms with van der Waals surface area (Å²) in [5.74, 6) is 0.379. The van der Waals surface area contributed by atoms with Gasteiger partial charge in [-0.1, -0.05) is 58.2 Å². The number of carbonyl (C=O) groups excluding carboxylic acids is 1. The van der Waals surface area contributed by atoms with Crippen molar-refractivity contribution in [3.05, 3.63) is 75.4 Å². The molecule has 4 nitrogen and oxygen atoms in total. The zero-order valence-electron chi connectivity index (χ0n) is 12.8. The van der Waals surface area contributed by atoms with Crippen LogP contribution >= 0.6 is 23.2 Å². The molecule has 0 aliphatic rings. The van der Waals surface area contributed by atoms with Crippen LogP contribution in [-0.4, -0.2) is 11.1 Å². The standard InChI is InChI=1S/C18H14Cl2N2O2/c1-11-2-4-12(5-3-11)17-9-16(22-24-17)10-21-18(23)13-6-14(19)8-15(20)7-13/h2-9H,10H2,1H3,(H,21,23). The summed E-state index contributed by atoms with van der Waals surface area (Å²) in [5.41, 5.74) is 3.14. The second kappa shape index (κ2) is 7.07. The van der Waals surface area contributed by atoms with Gasteiger partial charge in [0.2, 0.25) is 0 Å². The van der Waals surface area contributed by atoms with E-state index in [1.165, 1.54) is 5.56 Å². The molecule has 3 rings (SSSR count). The molecular weight excluding hydrogens is 347 g/mol. The van der Waals surface area contributed by atoms with E-state index in [9.17, 15) is 4.79 Å². The molecule has 0 bridgehead atoms. The SMILES string of the molecule is Cc1ccc(-c2cc(CNC(=O)c3cc(Cl)cc(Cl)c3)no2)cc1. The molecule has 0 aliphatic carbocycles. The van der Waals surface area contributed by atoms with Gasteiger partial charge in [-0.15, -0.1) is 0 Å². The van der Waals surface area contributed by atoms with Crippen LogP contribution < -0.4 is 5.32 Å². The van der Waals surface area contributed by atoms with Crippen molar-refractivity contribution in [3.8, 4) is 11.3 Å². The fourth-order valence-corrected chi connectivity index (χ4v) is 2.73. The highest BCUT2D eigenvalue weighted by Gasteiger charge is 2.10. The van der Waals surface area contributed by atoms with Crippen LogP contribution in [0, 0.1) is 6.92 Å². The van der Waals surface area contributed by atoms with Crippen molar-refractivity contribution in [2.75, 3.05) is 0 Å². The summed E-state index contributed by atoms with van der Waals surface area (Å²) >= 11 is 11.8. The van der Waals surface area contributed by atoms with Gasteiger partial charge < -0.3 is 9.84 Å². The Balaban J connectivity index is 1.67. The van der Waals surface area contributed by atoms with Crippen molar-refractivity contribution < 1.29 is 9.32 Å². The van der Waals surface area contributed by atoms with E-state index in [1.54, 1.807) is 24.3 Å². The van der Waals surface area contributed by atoms with Crippen molar-refractivity contribution in [2.45, 2.75) is 13.5 Å². The monoisotopic (exact) mass is 360 g/mol. The van der Waals surface area contributed by atoms with E-state index in [0.717, 1.165) is 5.56 Å². The lowest BCUT2D eigenvalue weighted by Gasteiger charge is -2.04. The molecule has 122 valence electrons. The van der Waals surface area contributed by atoms with Gasteiger partial charge in [-0.2, -0.15) is 0 Å². The Morgan fingerprint density at radius 3 is 2.42 bits per heavy atom. The molecule has 1 aromatic heterocycles. The summed E-state index contributed by atoms with van der Waals surface area (Å²) in [5, 5.41) is 7.56. The van der Waals surface area contributed by atoms with Crippen LogP contribution in [0.2, 0.25) is 10.0 Å². The summed E-state index contributed by atoms with van der Waals surface area (Å²) < 4.78 is 5.32. The molecule has 2 aromatic carbocycles. The van der Waals surface area contributed by atoms with Crippen LogP contribution in [0.15, 0.2) is 53.1 Å². The third-order valence-electron chi connectivity index (χ3n) is 3.45. The second-order valence-corrected chi connectivity index (χ2v) is 6.26. The van der Waals surface area contributed by atoms with Crippen LogP contribution in [0.3, 0.4) is 0 Å². The molecule has 0 aliphatic heterocycles. The molecule has 0 saturated heterocycles. The van der Waals surface area contributed by atoms with Gasteiger partial charge in [0, 0.05) is 27.2 Å². The molecule has 1 amide bonds. The zero-order valence-corrected chi connectivity index (χ0v) is 14.4. The van der Waals surface area contributed by atoms with Gasteiger partial charge in [-0.3, -0.25) is 4.79 Å². The lowest BCUT2D eigenvalue weighted by atomic mass is 10.1. The molecule has 24 heavy (non-hydrogen) atoms. The van der Waals surface area contributed by atoms with Gasteiger partial charge in [0.1, 0.15) is 5.69 Å². The van der Waals surface area contributed by atoms with Gasteiger partial charge in [-0.25, -0.2) is 0 Å². The van der Waals surface area contributed by atoms with E-state index in [-0.39, 0.29) is 12.5 Å². The van der Waals surface area contributed by atoms with Crippen LogP contribution in [0.25, 0.3) is 11.3 Å². The van der Waals surface area contributed by atoms with E-state index in [2.05, 4.69) is 10.5 Å². The molecule has 0 atom stereocenters. The quantitative estimate of drug-likeness (QED) is 0.720. The van der Waals surface area contributed by atoms with Crippen molar-refractivity contribution in [2.24, 2.45) is 0 Å². The predicted molar refractivity (Wildman–Crippen MR) is 94.3 cm³/mol. The number of rotatable bonds is 4. The van der Waals surface area contributed by atoms with E-state index >= 15 is 0 Å². The topological polar surface area (TPSA) is 55.1 Å². The first-order valence-corrected chi connectivity index (χ1v) is 8.04. The Kier molecular flexibility index (Phi) is 4.88. The summed E-state index contributed by atoms with van der Waals surface area (Å²) in [6.07, 6.45) is 0. The number of carbonyl (C=O) groups is 1. The molecule has 0 spiro atoms. The molecule has 6 heteroatoms. The Hall–Kier alpha value is -2.30. The highest BCUT2D eigenvalue weighted by atomic mass is 35.5. The molecule has 0 radical (unpaired) electrons. The van der Waals surface area contributed by atoms with E-state index in [1.807, 2.05) is 31.2 Å². The average molecular weight is 361 g/mol. The second-order valence-electron chi connectivity index (χ2n) is 5.39. The summed E-state index contributed by atoms with van der Waals surface area (Å²) in [4.78, 5) is 12.1. The number of aryl methyl sites for hydroxylation is 1. The summed E-state index contributed by atoms with van der Waals surface area (Å²) in [6, 6.07) is 14.4. The Bertz CT molecular complexity index is 853. The minimum atomic E-state index is -0.278. The molecule has 1 N–H and O–H groups in total. The van der Waals surface area contributed by atoms with Gasteiger partial charge >= 0.3 is 0 Å². The lowest BCUT2D eigenvalue weighted by molar-refractivity contribution is 0.0950. The number of hydrogen-bond acceptors (Lipinski definition) is 3. The number of amides is 1. The number of halogens is 2. The maximum absolute atomic E-state index is 12.1. The Morgan fingerprint density at radius 2 is 1.75 bits per heavy atom. The minimum absolute atomic E-state index is 0.248. The van der Waals surface area contributed by atoms with Crippen molar-refractivity contribution in [3.63, 3.8) is 0 Å². The Morgan fingerprint density at radius 1 is 1.08 bits per heavy atom. The first kappa shape index (κ1) is 16.6. The normalized spacial score (nSPS) is 10.6. The van der Waals surface area contributed by atoms with Crippen LogP contribution in [-0.2, 0) is 6.54 Å². The number of benzene rings is 2. The number of hydrogen-bond donors (Lipinski definition) is 1. The fourth-order valence-electron chi connectivity index (χ4n) is 2.21. The van der Waals surface area contributed by atoms with Crippen molar-refractivity contribution in [1.29, 1.82) is 0 Å². The Labute approximate surface area is 149 Å². The predicted octanol–water partition coefficient (Wildman–Crippen LogP) is 4.89. The van der Waals surface area contributed by atoms with Crippen molar-refractivity contribution >= 4 is 29.1 Å². The van der Waals surface area contributed by atoms with Crippen LogP contribution in [0.1, 0.15) is 21.6 Å². The molecule has 3 aromatic rings. The maximum Gasteiger partial charge on any atom is 0.251 e. The van der Waals surface area contributed by atoms with Crippen molar-refractivity contribution in [1.82, 2.24) is 10.5 Å². The number of nitrogens with zero attached hydrogens (tertiary/aromatic N) is 1. The lowest BCUT2D eigenvalue weighted by Crippen LogP contribution is -2.22. The summed E-state index contributed by atoms with van der Waals surface area (Å²) in [6.45, 7) is 2.27. The van der Waals surface area contributed by atoms with Gasteiger partial charge in [0.15, 0.2) is 5.76 Å². The van der Waals surface area contributed by atoms with E-state index in [0.29, 0.717) is 27.1 Å². The molecule has 0 fully saturated rings. The molecule has 0 unspecified atom stereocenters. The summed E-state index contributed by atoms with van der Waals surface area (Å²) in [7, 11) is 0.